The van der Waals surface area contributed by atoms with Gasteiger partial charge in [0.25, 0.3) is 0 Å². The van der Waals surface area contributed by atoms with Crippen LogP contribution in [0.1, 0.15) is 38.8 Å². The Morgan fingerprint density at radius 2 is 1.80 bits per heavy atom. The summed E-state index contributed by atoms with van der Waals surface area (Å²) in [6.07, 6.45) is 1.02. The summed E-state index contributed by atoms with van der Waals surface area (Å²) in [5.74, 6) is 1.52. The van der Waals surface area contributed by atoms with E-state index in [0.29, 0.717) is 0 Å². The molecule has 0 amide bonds. The fourth-order valence-electron chi connectivity index (χ4n) is 3.03. The summed E-state index contributed by atoms with van der Waals surface area (Å²) in [6.45, 7) is 7.74. The van der Waals surface area contributed by atoms with Crippen LogP contribution in [0.2, 0.25) is 0 Å². The molecule has 1 aromatic rings. The van der Waals surface area contributed by atoms with Crippen LogP contribution in [0.5, 0.6) is 11.5 Å². The molecule has 0 bridgehead atoms. The number of nitrogens with zero attached hydrogens (tertiary/aromatic N) is 1. The number of rotatable bonds is 3. The van der Waals surface area contributed by atoms with Gasteiger partial charge in [-0.25, -0.2) is 0 Å². The average Bonchev–Trinajstić information content (AvgIpc) is 2.79. The zero-order valence-corrected chi connectivity index (χ0v) is 13.1. The molecule has 1 saturated heterocycles. The van der Waals surface area contributed by atoms with E-state index < -0.39 is 0 Å². The van der Waals surface area contributed by atoms with Crippen molar-refractivity contribution in [1.82, 2.24) is 4.90 Å². The Morgan fingerprint density at radius 3 is 2.35 bits per heavy atom. The summed E-state index contributed by atoms with van der Waals surface area (Å²) in [6, 6.07) is 6.49. The predicted molar refractivity (Wildman–Crippen MR) is 81.3 cm³/mol. The molecule has 112 valence electrons. The molecule has 2 rings (SSSR count). The van der Waals surface area contributed by atoms with Gasteiger partial charge in [-0.15, -0.1) is 0 Å². The van der Waals surface area contributed by atoms with Crippen LogP contribution in [-0.4, -0.2) is 37.2 Å². The summed E-state index contributed by atoms with van der Waals surface area (Å²) < 4.78 is 10.7. The zero-order chi connectivity index (χ0) is 14.9. The van der Waals surface area contributed by atoms with E-state index in [1.165, 1.54) is 5.56 Å². The van der Waals surface area contributed by atoms with Crippen LogP contribution in [0.4, 0.5) is 0 Å². The third kappa shape index (κ3) is 2.76. The van der Waals surface area contributed by atoms with E-state index in [4.69, 9.17) is 15.2 Å². The lowest BCUT2D eigenvalue weighted by Crippen LogP contribution is -2.43. The first-order valence-electron chi connectivity index (χ1n) is 7.12. The van der Waals surface area contributed by atoms with E-state index in [1.54, 1.807) is 14.2 Å². The Morgan fingerprint density at radius 1 is 1.15 bits per heavy atom. The highest BCUT2D eigenvalue weighted by molar-refractivity contribution is 5.44. The molecule has 0 radical (unpaired) electrons. The maximum absolute atomic E-state index is 6.35. The molecule has 1 aromatic carbocycles. The standard InChI is InChI=1S/C16H26N2O2/c1-16(2,3)18-9-8-12(17)15(18)11-6-7-13(19-4)14(10-11)20-5/h6-7,10,12,15H,8-9,17H2,1-5H3. The summed E-state index contributed by atoms with van der Waals surface area (Å²) in [7, 11) is 3.32. The second-order valence-corrected chi connectivity index (χ2v) is 6.38. The lowest BCUT2D eigenvalue weighted by Gasteiger charge is -2.38. The molecule has 2 atom stereocenters. The first-order chi connectivity index (χ1) is 9.38. The van der Waals surface area contributed by atoms with Crippen LogP contribution in [0.3, 0.4) is 0 Å². The number of likely N-dealkylation sites (tertiary alicyclic amines) is 1. The van der Waals surface area contributed by atoms with Crippen molar-refractivity contribution in [1.29, 1.82) is 0 Å². The van der Waals surface area contributed by atoms with Crippen molar-refractivity contribution in [3.05, 3.63) is 23.8 Å². The van der Waals surface area contributed by atoms with Gasteiger partial charge >= 0.3 is 0 Å². The van der Waals surface area contributed by atoms with Crippen molar-refractivity contribution in [2.45, 2.75) is 44.8 Å². The van der Waals surface area contributed by atoms with Gasteiger partial charge in [-0.2, -0.15) is 0 Å². The molecule has 0 aromatic heterocycles. The van der Waals surface area contributed by atoms with Gasteiger partial charge in [-0.1, -0.05) is 6.07 Å². The molecule has 20 heavy (non-hydrogen) atoms. The van der Waals surface area contributed by atoms with Crippen LogP contribution in [0.25, 0.3) is 0 Å². The largest absolute Gasteiger partial charge is 0.493 e. The van der Waals surface area contributed by atoms with E-state index in [-0.39, 0.29) is 17.6 Å². The summed E-state index contributed by atoms with van der Waals surface area (Å²) >= 11 is 0. The van der Waals surface area contributed by atoms with Gasteiger partial charge in [0.2, 0.25) is 0 Å². The average molecular weight is 278 g/mol. The highest BCUT2D eigenvalue weighted by Gasteiger charge is 2.39. The molecule has 0 aliphatic carbocycles. The van der Waals surface area contributed by atoms with E-state index in [0.717, 1.165) is 24.5 Å². The fraction of sp³-hybridized carbons (Fsp3) is 0.625. The van der Waals surface area contributed by atoms with Crippen molar-refractivity contribution >= 4 is 0 Å². The van der Waals surface area contributed by atoms with E-state index in [9.17, 15) is 0 Å². The topological polar surface area (TPSA) is 47.7 Å². The van der Waals surface area contributed by atoms with Gasteiger partial charge in [-0.05, 0) is 44.9 Å². The predicted octanol–water partition coefficient (Wildman–Crippen LogP) is 2.58. The second kappa shape index (κ2) is 5.62. The number of hydrogen-bond donors (Lipinski definition) is 1. The number of hydrogen-bond acceptors (Lipinski definition) is 4. The van der Waals surface area contributed by atoms with Crippen LogP contribution in [0, 0.1) is 0 Å². The van der Waals surface area contributed by atoms with Crippen molar-refractivity contribution in [2.75, 3.05) is 20.8 Å². The lowest BCUT2D eigenvalue weighted by molar-refractivity contribution is 0.117. The van der Waals surface area contributed by atoms with Gasteiger partial charge < -0.3 is 15.2 Å². The van der Waals surface area contributed by atoms with Crippen LogP contribution in [0.15, 0.2) is 18.2 Å². The van der Waals surface area contributed by atoms with Gasteiger partial charge in [0.1, 0.15) is 0 Å². The highest BCUT2D eigenvalue weighted by Crippen LogP contribution is 2.39. The Kier molecular flexibility index (Phi) is 4.25. The van der Waals surface area contributed by atoms with Gasteiger partial charge in [0, 0.05) is 18.1 Å². The van der Waals surface area contributed by atoms with Gasteiger partial charge in [-0.3, -0.25) is 4.90 Å². The van der Waals surface area contributed by atoms with Crippen molar-refractivity contribution in [2.24, 2.45) is 5.73 Å². The number of benzene rings is 1. The maximum Gasteiger partial charge on any atom is 0.161 e. The summed E-state index contributed by atoms with van der Waals surface area (Å²) in [5, 5.41) is 0. The normalized spacial score (nSPS) is 23.9. The Labute approximate surface area is 121 Å². The molecule has 0 saturated carbocycles. The molecule has 1 fully saturated rings. The van der Waals surface area contributed by atoms with E-state index >= 15 is 0 Å². The minimum atomic E-state index is 0.103. The molecule has 2 N–H and O–H groups in total. The highest BCUT2D eigenvalue weighted by atomic mass is 16.5. The summed E-state index contributed by atoms with van der Waals surface area (Å²) in [4.78, 5) is 2.47. The number of nitrogens with two attached hydrogens (primary N) is 1. The van der Waals surface area contributed by atoms with Crippen LogP contribution in [-0.2, 0) is 0 Å². The second-order valence-electron chi connectivity index (χ2n) is 6.38. The third-order valence-corrected chi connectivity index (χ3v) is 4.06. The zero-order valence-electron chi connectivity index (χ0n) is 13.1. The van der Waals surface area contributed by atoms with E-state index in [2.05, 4.69) is 31.7 Å². The maximum atomic E-state index is 6.35. The Bertz CT molecular complexity index is 468. The monoisotopic (exact) mass is 278 g/mol. The molecule has 1 aliphatic rings. The molecule has 4 heteroatoms. The molecule has 4 nitrogen and oxygen atoms in total. The van der Waals surface area contributed by atoms with Gasteiger partial charge in [0.15, 0.2) is 11.5 Å². The first kappa shape index (κ1) is 15.1. The van der Waals surface area contributed by atoms with Crippen molar-refractivity contribution < 1.29 is 9.47 Å². The minimum absolute atomic E-state index is 0.103. The lowest BCUT2D eigenvalue weighted by atomic mass is 9.96. The molecular weight excluding hydrogens is 252 g/mol. The van der Waals surface area contributed by atoms with Crippen molar-refractivity contribution in [3.8, 4) is 11.5 Å². The van der Waals surface area contributed by atoms with E-state index in [1.807, 2.05) is 12.1 Å². The smallest absolute Gasteiger partial charge is 0.161 e. The Hall–Kier alpha value is -1.26. The third-order valence-electron chi connectivity index (χ3n) is 4.06. The Balaban J connectivity index is 2.38. The molecule has 1 heterocycles. The SMILES string of the molecule is COc1ccc(C2C(N)CCN2C(C)(C)C)cc1OC. The molecule has 0 spiro atoms. The molecule has 2 unspecified atom stereocenters. The van der Waals surface area contributed by atoms with Crippen LogP contribution < -0.4 is 15.2 Å². The minimum Gasteiger partial charge on any atom is -0.493 e. The number of ether oxygens (including phenoxy) is 2. The quantitative estimate of drug-likeness (QED) is 0.923. The van der Waals surface area contributed by atoms with Gasteiger partial charge in [0.05, 0.1) is 20.3 Å². The molecular formula is C16H26N2O2. The summed E-state index contributed by atoms with van der Waals surface area (Å²) in [5.41, 5.74) is 7.65. The first-order valence-corrected chi connectivity index (χ1v) is 7.12. The number of methoxy groups -OCH3 is 2. The van der Waals surface area contributed by atoms with Crippen molar-refractivity contribution in [3.63, 3.8) is 0 Å². The van der Waals surface area contributed by atoms with Crippen LogP contribution >= 0.6 is 0 Å². The molecule has 1 aliphatic heterocycles. The fourth-order valence-corrected chi connectivity index (χ4v) is 3.03.